The highest BCUT2D eigenvalue weighted by Gasteiger charge is 2.19. The fourth-order valence-corrected chi connectivity index (χ4v) is 2.45. The first-order valence-corrected chi connectivity index (χ1v) is 7.35. The van der Waals surface area contributed by atoms with Gasteiger partial charge in [-0.15, -0.1) is 0 Å². The summed E-state index contributed by atoms with van der Waals surface area (Å²) in [5.74, 6) is 2.00. The molecule has 0 saturated carbocycles. The Morgan fingerprint density at radius 2 is 2.20 bits per heavy atom. The maximum Gasteiger partial charge on any atom is 0.221 e. The van der Waals surface area contributed by atoms with Gasteiger partial charge in [-0.3, -0.25) is 4.79 Å². The lowest BCUT2D eigenvalue weighted by atomic mass is 10.1. The Bertz CT molecular complexity index is 463. The van der Waals surface area contributed by atoms with Crippen molar-refractivity contribution in [2.75, 3.05) is 36.4 Å². The molecule has 0 spiro atoms. The quantitative estimate of drug-likeness (QED) is 0.846. The van der Waals surface area contributed by atoms with Crippen LogP contribution in [-0.4, -0.2) is 42.1 Å². The minimum absolute atomic E-state index is 0.116. The molecule has 0 unspecified atom stereocenters. The maximum atomic E-state index is 11.5. The molecule has 20 heavy (non-hydrogen) atoms. The third-order valence-electron chi connectivity index (χ3n) is 3.38. The Hall–Kier alpha value is -1.85. The van der Waals surface area contributed by atoms with Gasteiger partial charge in [0.05, 0.1) is 0 Å². The Labute approximate surface area is 120 Å². The number of nitrogens with one attached hydrogen (secondary N) is 2. The smallest absolute Gasteiger partial charge is 0.221 e. The van der Waals surface area contributed by atoms with E-state index in [4.69, 9.17) is 0 Å². The summed E-state index contributed by atoms with van der Waals surface area (Å²) in [4.78, 5) is 22.5. The van der Waals surface area contributed by atoms with Gasteiger partial charge in [-0.1, -0.05) is 13.3 Å². The summed E-state index contributed by atoms with van der Waals surface area (Å²) in [7, 11) is 0. The summed E-state index contributed by atoms with van der Waals surface area (Å²) in [6, 6.07) is 0. The van der Waals surface area contributed by atoms with Gasteiger partial charge < -0.3 is 15.5 Å². The minimum Gasteiger partial charge on any atom is -0.370 e. The second kappa shape index (κ2) is 7.07. The van der Waals surface area contributed by atoms with Crippen molar-refractivity contribution in [3.63, 3.8) is 0 Å². The van der Waals surface area contributed by atoms with Crippen LogP contribution < -0.4 is 15.5 Å². The van der Waals surface area contributed by atoms with Crippen molar-refractivity contribution in [1.29, 1.82) is 0 Å². The minimum atomic E-state index is 0.116. The van der Waals surface area contributed by atoms with E-state index in [0.717, 1.165) is 43.1 Å². The molecule has 110 valence electrons. The molecular weight excluding hydrogens is 254 g/mol. The second-order valence-electron chi connectivity index (χ2n) is 4.89. The summed E-state index contributed by atoms with van der Waals surface area (Å²) in [5.41, 5.74) is 1.16. The molecule has 0 radical (unpaired) electrons. The number of amides is 1. The first-order valence-electron chi connectivity index (χ1n) is 7.35. The molecule has 1 saturated heterocycles. The van der Waals surface area contributed by atoms with Crippen LogP contribution in [0.4, 0.5) is 11.6 Å². The fourth-order valence-electron chi connectivity index (χ4n) is 2.45. The van der Waals surface area contributed by atoms with Gasteiger partial charge >= 0.3 is 0 Å². The highest BCUT2D eigenvalue weighted by molar-refractivity contribution is 5.77. The van der Waals surface area contributed by atoms with Crippen LogP contribution in [0.5, 0.6) is 0 Å². The molecule has 2 heterocycles. The molecule has 1 aromatic heterocycles. The van der Waals surface area contributed by atoms with E-state index in [9.17, 15) is 4.79 Å². The van der Waals surface area contributed by atoms with Crippen LogP contribution in [-0.2, 0) is 11.2 Å². The van der Waals surface area contributed by atoms with Crippen LogP contribution in [0.15, 0.2) is 6.33 Å². The van der Waals surface area contributed by atoms with Crippen LogP contribution in [0.1, 0.15) is 32.3 Å². The molecule has 2 rings (SSSR count). The van der Waals surface area contributed by atoms with Crippen molar-refractivity contribution >= 4 is 17.5 Å². The van der Waals surface area contributed by atoms with E-state index < -0.39 is 0 Å². The molecule has 1 fully saturated rings. The molecule has 0 bridgehead atoms. The molecule has 0 atom stereocenters. The molecule has 1 aliphatic rings. The summed E-state index contributed by atoms with van der Waals surface area (Å²) in [5, 5.41) is 6.20. The van der Waals surface area contributed by atoms with Crippen molar-refractivity contribution in [3.8, 4) is 0 Å². The molecule has 0 aliphatic carbocycles. The predicted octanol–water partition coefficient (Wildman–Crippen LogP) is 1.19. The van der Waals surface area contributed by atoms with Gasteiger partial charge in [0.25, 0.3) is 0 Å². The number of carbonyl (C=O) groups excluding carboxylic acids is 1. The number of aromatic nitrogens is 2. The molecule has 0 aromatic carbocycles. The van der Waals surface area contributed by atoms with Crippen LogP contribution in [0.3, 0.4) is 0 Å². The lowest BCUT2D eigenvalue weighted by Gasteiger charge is -2.24. The zero-order valence-electron chi connectivity index (χ0n) is 12.3. The Morgan fingerprint density at radius 1 is 1.35 bits per heavy atom. The van der Waals surface area contributed by atoms with Gasteiger partial charge in [0.1, 0.15) is 18.0 Å². The van der Waals surface area contributed by atoms with Gasteiger partial charge in [0.2, 0.25) is 5.91 Å². The molecule has 1 amide bonds. The maximum absolute atomic E-state index is 11.5. The Balaban J connectivity index is 2.28. The summed E-state index contributed by atoms with van der Waals surface area (Å²) >= 11 is 0. The monoisotopic (exact) mass is 277 g/mol. The molecular formula is C14H23N5O. The van der Waals surface area contributed by atoms with Crippen molar-refractivity contribution in [2.24, 2.45) is 0 Å². The molecule has 6 nitrogen and oxygen atoms in total. The third kappa shape index (κ3) is 3.37. The summed E-state index contributed by atoms with van der Waals surface area (Å²) in [6.45, 7) is 7.24. The van der Waals surface area contributed by atoms with Gasteiger partial charge in [0, 0.05) is 38.2 Å². The van der Waals surface area contributed by atoms with Crippen LogP contribution in [0.25, 0.3) is 0 Å². The Morgan fingerprint density at radius 3 is 2.95 bits per heavy atom. The highest BCUT2D eigenvalue weighted by atomic mass is 16.1. The molecule has 1 aliphatic heterocycles. The zero-order valence-corrected chi connectivity index (χ0v) is 12.3. The van der Waals surface area contributed by atoms with Crippen molar-refractivity contribution in [3.05, 3.63) is 11.9 Å². The summed E-state index contributed by atoms with van der Waals surface area (Å²) < 4.78 is 0. The van der Waals surface area contributed by atoms with E-state index in [1.54, 1.807) is 6.33 Å². The lowest BCUT2D eigenvalue weighted by Crippen LogP contribution is -2.30. The number of carbonyl (C=O) groups is 1. The number of nitrogens with zero attached hydrogens (tertiary/aromatic N) is 3. The van der Waals surface area contributed by atoms with Crippen molar-refractivity contribution in [1.82, 2.24) is 15.3 Å². The Kier molecular flexibility index (Phi) is 5.15. The zero-order chi connectivity index (χ0) is 14.4. The third-order valence-corrected chi connectivity index (χ3v) is 3.38. The molecule has 6 heteroatoms. The highest BCUT2D eigenvalue weighted by Crippen LogP contribution is 2.25. The SMILES string of the molecule is CCCc1c(NCC)ncnc1N1CCNC(=O)CC1. The first-order chi connectivity index (χ1) is 9.76. The summed E-state index contributed by atoms with van der Waals surface area (Å²) in [6.07, 6.45) is 4.11. The standard InChI is InChI=1S/C14H23N5O/c1-3-5-11-13(15-4-2)17-10-18-14(11)19-8-6-12(20)16-7-9-19/h10H,3-9H2,1-2H3,(H,16,20)(H,15,17,18). The topological polar surface area (TPSA) is 70.2 Å². The number of hydrogen-bond donors (Lipinski definition) is 2. The van der Waals surface area contributed by atoms with E-state index in [0.29, 0.717) is 19.5 Å². The first kappa shape index (κ1) is 14.6. The van der Waals surface area contributed by atoms with Crippen molar-refractivity contribution < 1.29 is 4.79 Å². The lowest BCUT2D eigenvalue weighted by molar-refractivity contribution is -0.120. The van der Waals surface area contributed by atoms with Gasteiger partial charge in [-0.05, 0) is 13.3 Å². The normalized spacial score (nSPS) is 15.7. The van der Waals surface area contributed by atoms with Gasteiger partial charge in [-0.25, -0.2) is 9.97 Å². The molecule has 2 N–H and O–H groups in total. The van der Waals surface area contributed by atoms with E-state index in [-0.39, 0.29) is 5.91 Å². The van der Waals surface area contributed by atoms with E-state index in [1.165, 1.54) is 0 Å². The van der Waals surface area contributed by atoms with E-state index in [2.05, 4.69) is 39.3 Å². The average molecular weight is 277 g/mol. The molecule has 1 aromatic rings. The number of rotatable bonds is 5. The van der Waals surface area contributed by atoms with E-state index >= 15 is 0 Å². The second-order valence-corrected chi connectivity index (χ2v) is 4.89. The average Bonchev–Trinajstić information content (AvgIpc) is 2.66. The predicted molar refractivity (Wildman–Crippen MR) is 80.0 cm³/mol. The van der Waals surface area contributed by atoms with Crippen molar-refractivity contribution in [2.45, 2.75) is 33.1 Å². The van der Waals surface area contributed by atoms with E-state index in [1.807, 2.05) is 0 Å². The fraction of sp³-hybridized carbons (Fsp3) is 0.643. The number of hydrogen-bond acceptors (Lipinski definition) is 5. The van der Waals surface area contributed by atoms with Gasteiger partial charge in [0.15, 0.2) is 0 Å². The van der Waals surface area contributed by atoms with Crippen LogP contribution >= 0.6 is 0 Å². The van der Waals surface area contributed by atoms with Crippen LogP contribution in [0, 0.1) is 0 Å². The largest absolute Gasteiger partial charge is 0.370 e. The van der Waals surface area contributed by atoms with Crippen LogP contribution in [0.2, 0.25) is 0 Å². The van der Waals surface area contributed by atoms with Gasteiger partial charge in [-0.2, -0.15) is 0 Å². The number of anilines is 2.